The third-order valence-corrected chi connectivity index (χ3v) is 7.11. The number of benzene rings is 2. The standard InChI is InChI=1S/C32H33N5O2/c1-5-10-26-23(6-2)12-8-13-24(26)19-37-30-22(4)18-36(32(39)28-15-9-16-33-28)20-27(30)29(35-37)31(38)34-25-14-7-11-21(3)17-25/h5-17,22,33H,2,18-20H2,1,3-4H3,(H,34,38)/b10-5-. The number of aromatic amines is 1. The number of anilines is 1. The topological polar surface area (TPSA) is 83.0 Å². The second-order valence-electron chi connectivity index (χ2n) is 9.99. The molecule has 1 aliphatic rings. The quantitative estimate of drug-likeness (QED) is 0.303. The zero-order chi connectivity index (χ0) is 27.5. The number of H-pyrrole nitrogens is 1. The summed E-state index contributed by atoms with van der Waals surface area (Å²) in [4.78, 5) is 31.7. The van der Waals surface area contributed by atoms with E-state index in [1.807, 2.05) is 73.1 Å². The molecular formula is C32H33N5O2. The number of amides is 2. The maximum absolute atomic E-state index is 13.6. The molecule has 0 spiro atoms. The maximum Gasteiger partial charge on any atom is 0.276 e. The minimum Gasteiger partial charge on any atom is -0.357 e. The number of aromatic nitrogens is 3. The number of carbonyl (C=O) groups is 2. The van der Waals surface area contributed by atoms with E-state index in [0.717, 1.165) is 33.5 Å². The molecule has 5 rings (SSSR count). The van der Waals surface area contributed by atoms with E-state index in [4.69, 9.17) is 5.10 Å². The van der Waals surface area contributed by atoms with Crippen molar-refractivity contribution in [1.29, 1.82) is 0 Å². The van der Waals surface area contributed by atoms with Crippen LogP contribution in [0, 0.1) is 6.92 Å². The van der Waals surface area contributed by atoms with Crippen LogP contribution in [-0.4, -0.2) is 38.0 Å². The number of carbonyl (C=O) groups excluding carboxylic acids is 2. The van der Waals surface area contributed by atoms with Gasteiger partial charge in [0.05, 0.1) is 13.1 Å². The fourth-order valence-corrected chi connectivity index (χ4v) is 5.38. The van der Waals surface area contributed by atoms with Gasteiger partial charge in [-0.3, -0.25) is 14.3 Å². The Labute approximate surface area is 228 Å². The minimum absolute atomic E-state index is 0.0200. The van der Waals surface area contributed by atoms with Crippen LogP contribution >= 0.6 is 0 Å². The van der Waals surface area contributed by atoms with Crippen molar-refractivity contribution in [3.05, 3.63) is 118 Å². The summed E-state index contributed by atoms with van der Waals surface area (Å²) < 4.78 is 1.94. The van der Waals surface area contributed by atoms with E-state index in [1.165, 1.54) is 0 Å². The van der Waals surface area contributed by atoms with Crippen LogP contribution in [0.1, 0.15) is 74.3 Å². The number of hydrogen-bond donors (Lipinski definition) is 2. The van der Waals surface area contributed by atoms with Crippen molar-refractivity contribution in [3.8, 4) is 0 Å². The summed E-state index contributed by atoms with van der Waals surface area (Å²) in [6, 6.07) is 17.4. The molecule has 4 aromatic rings. The van der Waals surface area contributed by atoms with Gasteiger partial charge < -0.3 is 15.2 Å². The fourth-order valence-electron chi connectivity index (χ4n) is 5.38. The van der Waals surface area contributed by atoms with Crippen LogP contribution in [0.15, 0.2) is 73.4 Å². The SMILES string of the molecule is C=Cc1cccc(Cn2nc(C(=O)Nc3cccc(C)c3)c3c2C(C)CN(C(=O)c2ccc[nH]2)C3)c1/C=C\C. The molecule has 0 saturated heterocycles. The van der Waals surface area contributed by atoms with Gasteiger partial charge in [0.1, 0.15) is 5.69 Å². The van der Waals surface area contributed by atoms with Gasteiger partial charge in [0.25, 0.3) is 11.8 Å². The molecule has 2 amide bonds. The van der Waals surface area contributed by atoms with Crippen molar-refractivity contribution in [1.82, 2.24) is 19.7 Å². The maximum atomic E-state index is 13.6. The monoisotopic (exact) mass is 519 g/mol. The molecule has 1 unspecified atom stereocenters. The fraction of sp³-hybridized carbons (Fsp3) is 0.219. The van der Waals surface area contributed by atoms with E-state index in [1.54, 1.807) is 17.2 Å². The largest absolute Gasteiger partial charge is 0.357 e. The van der Waals surface area contributed by atoms with Crippen LogP contribution in [0.4, 0.5) is 5.69 Å². The average Bonchev–Trinajstić information content (AvgIpc) is 3.58. The smallest absolute Gasteiger partial charge is 0.276 e. The lowest BCUT2D eigenvalue weighted by molar-refractivity contribution is 0.0711. The second kappa shape index (κ2) is 11.0. The van der Waals surface area contributed by atoms with E-state index in [-0.39, 0.29) is 17.7 Å². The normalized spacial score (nSPS) is 14.8. The third-order valence-electron chi connectivity index (χ3n) is 7.11. The number of allylic oxidation sites excluding steroid dienone is 1. The molecule has 0 saturated carbocycles. The molecular weight excluding hydrogens is 486 g/mol. The Morgan fingerprint density at radius 3 is 2.72 bits per heavy atom. The number of aryl methyl sites for hydroxylation is 1. The molecule has 198 valence electrons. The number of nitrogens with zero attached hydrogens (tertiary/aromatic N) is 3. The van der Waals surface area contributed by atoms with Crippen LogP contribution in [-0.2, 0) is 13.1 Å². The molecule has 0 aliphatic carbocycles. The van der Waals surface area contributed by atoms with Gasteiger partial charge in [-0.05, 0) is 60.4 Å². The van der Waals surface area contributed by atoms with Gasteiger partial charge in [-0.15, -0.1) is 0 Å². The average molecular weight is 520 g/mol. The molecule has 1 atom stereocenters. The predicted octanol–water partition coefficient (Wildman–Crippen LogP) is 6.26. The van der Waals surface area contributed by atoms with Crippen molar-refractivity contribution < 1.29 is 9.59 Å². The van der Waals surface area contributed by atoms with E-state index < -0.39 is 0 Å². The highest BCUT2D eigenvalue weighted by molar-refractivity contribution is 6.04. The molecule has 0 radical (unpaired) electrons. The molecule has 0 fully saturated rings. The lowest BCUT2D eigenvalue weighted by atomic mass is 9.95. The summed E-state index contributed by atoms with van der Waals surface area (Å²) in [7, 11) is 0. The number of rotatable bonds is 7. The van der Waals surface area contributed by atoms with Gasteiger partial charge in [0.15, 0.2) is 5.69 Å². The summed E-state index contributed by atoms with van der Waals surface area (Å²) in [6.45, 7) is 11.4. The van der Waals surface area contributed by atoms with Gasteiger partial charge in [-0.2, -0.15) is 5.10 Å². The van der Waals surface area contributed by atoms with Crippen molar-refractivity contribution in [2.45, 2.75) is 39.8 Å². The first kappa shape index (κ1) is 26.0. The van der Waals surface area contributed by atoms with Gasteiger partial charge in [0.2, 0.25) is 0 Å². The van der Waals surface area contributed by atoms with Gasteiger partial charge >= 0.3 is 0 Å². The Morgan fingerprint density at radius 1 is 1.18 bits per heavy atom. The van der Waals surface area contributed by atoms with Crippen LogP contribution in [0.25, 0.3) is 12.2 Å². The molecule has 2 aromatic carbocycles. The van der Waals surface area contributed by atoms with E-state index in [9.17, 15) is 9.59 Å². The van der Waals surface area contributed by atoms with Crippen molar-refractivity contribution in [2.24, 2.45) is 0 Å². The van der Waals surface area contributed by atoms with Gasteiger partial charge in [-0.1, -0.05) is 62.1 Å². The Hall–Kier alpha value is -4.65. The van der Waals surface area contributed by atoms with Gasteiger partial charge in [0, 0.05) is 35.6 Å². The zero-order valence-corrected chi connectivity index (χ0v) is 22.6. The van der Waals surface area contributed by atoms with Crippen LogP contribution < -0.4 is 5.32 Å². The molecule has 3 heterocycles. The number of fused-ring (bicyclic) bond motifs is 1. The third kappa shape index (κ3) is 5.21. The highest BCUT2D eigenvalue weighted by Gasteiger charge is 2.34. The van der Waals surface area contributed by atoms with Crippen LogP contribution in [0.3, 0.4) is 0 Å². The first-order chi connectivity index (χ1) is 18.9. The molecule has 0 bridgehead atoms. The van der Waals surface area contributed by atoms with Gasteiger partial charge in [-0.25, -0.2) is 0 Å². The van der Waals surface area contributed by atoms with Crippen LogP contribution in [0.2, 0.25) is 0 Å². The van der Waals surface area contributed by atoms with Crippen LogP contribution in [0.5, 0.6) is 0 Å². The second-order valence-corrected chi connectivity index (χ2v) is 9.99. The van der Waals surface area contributed by atoms with Crippen molar-refractivity contribution in [3.63, 3.8) is 0 Å². The molecule has 2 N–H and O–H groups in total. The van der Waals surface area contributed by atoms with Crippen molar-refractivity contribution >= 4 is 29.7 Å². The molecule has 1 aliphatic heterocycles. The molecule has 2 aromatic heterocycles. The van der Waals surface area contributed by atoms with E-state index >= 15 is 0 Å². The summed E-state index contributed by atoms with van der Waals surface area (Å²) >= 11 is 0. The molecule has 7 heteroatoms. The Balaban J connectivity index is 1.57. The first-order valence-corrected chi connectivity index (χ1v) is 13.2. The summed E-state index contributed by atoms with van der Waals surface area (Å²) in [6.07, 6.45) is 7.68. The highest BCUT2D eigenvalue weighted by Crippen LogP contribution is 2.33. The summed E-state index contributed by atoms with van der Waals surface area (Å²) in [5, 5.41) is 7.89. The van der Waals surface area contributed by atoms with E-state index in [0.29, 0.717) is 36.7 Å². The summed E-state index contributed by atoms with van der Waals surface area (Å²) in [5.74, 6) is -0.400. The Bertz CT molecular complexity index is 1560. The predicted molar refractivity (Wildman–Crippen MR) is 156 cm³/mol. The van der Waals surface area contributed by atoms with E-state index in [2.05, 4.69) is 35.9 Å². The molecule has 39 heavy (non-hydrogen) atoms. The first-order valence-electron chi connectivity index (χ1n) is 13.2. The summed E-state index contributed by atoms with van der Waals surface area (Å²) in [5.41, 5.74) is 7.60. The lowest BCUT2D eigenvalue weighted by Gasteiger charge is -2.32. The number of nitrogens with one attached hydrogen (secondary N) is 2. The number of hydrogen-bond acceptors (Lipinski definition) is 3. The Morgan fingerprint density at radius 2 is 2.00 bits per heavy atom. The van der Waals surface area contributed by atoms with Crippen molar-refractivity contribution in [2.75, 3.05) is 11.9 Å². The molecule has 7 nitrogen and oxygen atoms in total. The highest BCUT2D eigenvalue weighted by atomic mass is 16.2. The lowest BCUT2D eigenvalue weighted by Crippen LogP contribution is -2.38. The minimum atomic E-state index is -0.287. The zero-order valence-electron chi connectivity index (χ0n) is 22.6. The Kier molecular flexibility index (Phi) is 7.32.